The van der Waals surface area contributed by atoms with Crippen molar-refractivity contribution in [1.82, 2.24) is 0 Å². The van der Waals surface area contributed by atoms with Crippen molar-refractivity contribution in [2.75, 3.05) is 0 Å². The first-order valence-corrected chi connectivity index (χ1v) is 6.69. The van der Waals surface area contributed by atoms with Crippen LogP contribution in [0.3, 0.4) is 0 Å². The Labute approximate surface area is 114 Å². The van der Waals surface area contributed by atoms with Crippen LogP contribution in [0.4, 0.5) is 0 Å². The maximum absolute atomic E-state index is 9.85. The molecule has 0 bridgehead atoms. The molecule has 1 heteroatoms. The molecule has 0 aliphatic heterocycles. The van der Waals surface area contributed by atoms with Gasteiger partial charge in [-0.05, 0) is 77.8 Å². The third kappa shape index (κ3) is 1.77. The second-order valence-corrected chi connectivity index (χ2v) is 5.31. The molecule has 1 aliphatic carbocycles. The van der Waals surface area contributed by atoms with Crippen LogP contribution in [0.1, 0.15) is 27.8 Å². The summed E-state index contributed by atoms with van der Waals surface area (Å²) >= 11 is 0. The molecule has 96 valence electrons. The van der Waals surface area contributed by atoms with E-state index in [1.807, 2.05) is 19.1 Å². The Hall–Kier alpha value is -2.02. The molecule has 19 heavy (non-hydrogen) atoms. The highest BCUT2D eigenvalue weighted by atomic mass is 16.3. The lowest BCUT2D eigenvalue weighted by Gasteiger charge is -2.23. The summed E-state index contributed by atoms with van der Waals surface area (Å²) < 4.78 is 0. The second-order valence-electron chi connectivity index (χ2n) is 5.31. The van der Waals surface area contributed by atoms with Gasteiger partial charge in [0.1, 0.15) is 5.75 Å². The van der Waals surface area contributed by atoms with Crippen LogP contribution in [0.25, 0.3) is 17.2 Å². The van der Waals surface area contributed by atoms with Crippen molar-refractivity contribution in [3.05, 3.63) is 58.7 Å². The molecular weight excluding hydrogens is 232 g/mol. The first kappa shape index (κ1) is 12.0. The van der Waals surface area contributed by atoms with E-state index in [4.69, 9.17) is 0 Å². The molecule has 0 heterocycles. The van der Waals surface area contributed by atoms with Gasteiger partial charge in [0.25, 0.3) is 0 Å². The number of aromatic hydroxyl groups is 1. The molecule has 0 fully saturated rings. The molecular formula is C18H18O. The molecule has 0 amide bonds. The molecule has 0 spiro atoms. The number of fused-ring (bicyclic) bond motifs is 3. The van der Waals surface area contributed by atoms with Crippen LogP contribution >= 0.6 is 0 Å². The lowest BCUT2D eigenvalue weighted by atomic mass is 9.81. The van der Waals surface area contributed by atoms with Gasteiger partial charge in [0.15, 0.2) is 0 Å². The molecule has 1 N–H and O–H groups in total. The van der Waals surface area contributed by atoms with Gasteiger partial charge in [-0.25, -0.2) is 0 Å². The summed E-state index contributed by atoms with van der Waals surface area (Å²) in [6, 6.07) is 8.35. The molecule has 0 aromatic heterocycles. The van der Waals surface area contributed by atoms with Gasteiger partial charge >= 0.3 is 0 Å². The van der Waals surface area contributed by atoms with Crippen LogP contribution in [-0.2, 0) is 12.8 Å². The Balaban J connectivity index is 2.29. The Morgan fingerprint density at radius 3 is 2.63 bits per heavy atom. The average Bonchev–Trinajstić information content (AvgIpc) is 2.41. The number of rotatable bonds is 1. The number of benzene rings is 2. The van der Waals surface area contributed by atoms with Crippen molar-refractivity contribution in [1.29, 1.82) is 0 Å². The van der Waals surface area contributed by atoms with Crippen LogP contribution in [0.5, 0.6) is 5.75 Å². The molecule has 0 saturated heterocycles. The maximum atomic E-state index is 9.85. The first-order chi connectivity index (χ1) is 9.11. The number of aryl methyl sites for hydroxylation is 2. The largest absolute Gasteiger partial charge is 0.508 e. The van der Waals surface area contributed by atoms with E-state index in [1.54, 1.807) is 6.07 Å². The van der Waals surface area contributed by atoms with Crippen molar-refractivity contribution in [3.8, 4) is 16.9 Å². The Bertz CT molecular complexity index is 681. The van der Waals surface area contributed by atoms with Crippen LogP contribution in [0.2, 0.25) is 0 Å². The van der Waals surface area contributed by atoms with E-state index in [1.165, 1.54) is 33.4 Å². The molecule has 0 atom stereocenters. The van der Waals surface area contributed by atoms with Gasteiger partial charge in [0.05, 0.1) is 0 Å². The van der Waals surface area contributed by atoms with E-state index in [2.05, 4.69) is 25.6 Å². The van der Waals surface area contributed by atoms with Crippen LogP contribution in [0.15, 0.2) is 30.8 Å². The lowest BCUT2D eigenvalue weighted by Crippen LogP contribution is -2.06. The van der Waals surface area contributed by atoms with Crippen LogP contribution in [-0.4, -0.2) is 5.11 Å². The quantitative estimate of drug-likeness (QED) is 0.794. The van der Waals surface area contributed by atoms with E-state index in [-0.39, 0.29) is 0 Å². The van der Waals surface area contributed by atoms with Gasteiger partial charge < -0.3 is 5.11 Å². The predicted molar refractivity (Wildman–Crippen MR) is 80.5 cm³/mol. The molecule has 0 saturated carbocycles. The fourth-order valence-corrected chi connectivity index (χ4v) is 3.04. The zero-order chi connectivity index (χ0) is 13.6. The third-order valence-corrected chi connectivity index (χ3v) is 4.22. The summed E-state index contributed by atoms with van der Waals surface area (Å²) in [4.78, 5) is 0. The zero-order valence-corrected chi connectivity index (χ0v) is 11.5. The summed E-state index contributed by atoms with van der Waals surface area (Å²) in [5.41, 5.74) is 8.74. The summed E-state index contributed by atoms with van der Waals surface area (Å²) in [6.45, 7) is 8.02. The van der Waals surface area contributed by atoms with Crippen molar-refractivity contribution < 1.29 is 5.11 Å². The Morgan fingerprint density at radius 2 is 1.89 bits per heavy atom. The summed E-state index contributed by atoms with van der Waals surface area (Å²) in [5, 5.41) is 9.85. The second kappa shape index (κ2) is 4.27. The van der Waals surface area contributed by atoms with Crippen molar-refractivity contribution in [3.63, 3.8) is 0 Å². The number of hydrogen-bond acceptors (Lipinski definition) is 1. The van der Waals surface area contributed by atoms with Gasteiger partial charge in [-0.3, -0.25) is 0 Å². The van der Waals surface area contributed by atoms with E-state index >= 15 is 0 Å². The minimum atomic E-state index is 0.401. The molecule has 3 rings (SSSR count). The summed E-state index contributed by atoms with van der Waals surface area (Å²) in [7, 11) is 0. The van der Waals surface area contributed by atoms with Crippen LogP contribution < -0.4 is 0 Å². The SMILES string of the molecule is C=Cc1cc2c(cc1C)CCc1c-2ccc(O)c1C. The van der Waals surface area contributed by atoms with E-state index in [0.717, 1.165) is 18.4 Å². The molecule has 0 unspecified atom stereocenters. The zero-order valence-electron chi connectivity index (χ0n) is 11.5. The monoisotopic (exact) mass is 250 g/mol. The van der Waals surface area contributed by atoms with E-state index in [0.29, 0.717) is 5.75 Å². The number of hydrogen-bond donors (Lipinski definition) is 1. The predicted octanol–water partition coefficient (Wildman–Crippen LogP) is 4.42. The normalized spacial score (nSPS) is 12.7. The van der Waals surface area contributed by atoms with Crippen molar-refractivity contribution in [2.45, 2.75) is 26.7 Å². The standard InChI is InChI=1S/C18H18O/c1-4-13-10-17-14(9-11(13)2)5-6-15-12(3)18(19)8-7-16(15)17/h4,7-10,19H,1,5-6H2,2-3H3. The highest BCUT2D eigenvalue weighted by molar-refractivity contribution is 5.78. The number of phenols is 1. The minimum absolute atomic E-state index is 0.401. The minimum Gasteiger partial charge on any atom is -0.508 e. The van der Waals surface area contributed by atoms with Gasteiger partial charge in [0.2, 0.25) is 0 Å². The molecule has 2 aromatic carbocycles. The van der Waals surface area contributed by atoms with Crippen molar-refractivity contribution in [2.24, 2.45) is 0 Å². The van der Waals surface area contributed by atoms with Gasteiger partial charge in [-0.2, -0.15) is 0 Å². The van der Waals surface area contributed by atoms with Crippen molar-refractivity contribution >= 4 is 6.08 Å². The highest BCUT2D eigenvalue weighted by Crippen LogP contribution is 2.39. The van der Waals surface area contributed by atoms with Gasteiger partial charge in [0, 0.05) is 0 Å². The Morgan fingerprint density at radius 1 is 1.11 bits per heavy atom. The fraction of sp³-hybridized carbons (Fsp3) is 0.222. The summed E-state index contributed by atoms with van der Waals surface area (Å²) in [5.74, 6) is 0.401. The summed E-state index contributed by atoms with van der Waals surface area (Å²) in [6.07, 6.45) is 3.97. The van der Waals surface area contributed by atoms with Gasteiger partial charge in [-0.1, -0.05) is 24.8 Å². The topological polar surface area (TPSA) is 20.2 Å². The maximum Gasteiger partial charge on any atom is 0.118 e. The van der Waals surface area contributed by atoms with E-state index in [9.17, 15) is 5.11 Å². The average molecular weight is 250 g/mol. The fourth-order valence-electron chi connectivity index (χ4n) is 3.04. The van der Waals surface area contributed by atoms with Gasteiger partial charge in [-0.15, -0.1) is 0 Å². The molecule has 2 aromatic rings. The molecule has 0 radical (unpaired) electrons. The highest BCUT2D eigenvalue weighted by Gasteiger charge is 2.19. The van der Waals surface area contributed by atoms with Crippen LogP contribution in [0, 0.1) is 13.8 Å². The molecule has 1 aliphatic rings. The Kier molecular flexibility index (Phi) is 2.70. The molecule has 1 nitrogen and oxygen atoms in total. The van der Waals surface area contributed by atoms with E-state index < -0.39 is 0 Å². The smallest absolute Gasteiger partial charge is 0.118 e. The number of phenolic OH excluding ortho intramolecular Hbond substituents is 1. The lowest BCUT2D eigenvalue weighted by molar-refractivity contribution is 0.470. The first-order valence-electron chi connectivity index (χ1n) is 6.69. The third-order valence-electron chi connectivity index (χ3n) is 4.22.